The second-order valence-corrected chi connectivity index (χ2v) is 8.80. The number of anilines is 1. The maximum atomic E-state index is 12.7. The highest BCUT2D eigenvalue weighted by atomic mass is 19.4. The van der Waals surface area contributed by atoms with Crippen molar-refractivity contribution in [3.63, 3.8) is 0 Å². The van der Waals surface area contributed by atoms with Gasteiger partial charge in [0.2, 0.25) is 11.8 Å². The number of rotatable bonds is 3. The summed E-state index contributed by atoms with van der Waals surface area (Å²) < 4.78 is 53.7. The van der Waals surface area contributed by atoms with E-state index in [-0.39, 0.29) is 13.0 Å². The predicted molar refractivity (Wildman–Crippen MR) is 96.1 cm³/mol. The molecule has 2 heterocycles. The lowest BCUT2D eigenvalue weighted by Gasteiger charge is -2.28. The zero-order chi connectivity index (χ0) is 22.2. The van der Waals surface area contributed by atoms with Crippen molar-refractivity contribution in [3.05, 3.63) is 11.8 Å². The normalized spacial score (nSPS) is 20.7. The van der Waals surface area contributed by atoms with Crippen molar-refractivity contribution in [3.8, 4) is 0 Å². The van der Waals surface area contributed by atoms with Gasteiger partial charge in [-0.2, -0.15) is 13.2 Å². The van der Waals surface area contributed by atoms with E-state index < -0.39 is 53.1 Å². The third-order valence-electron chi connectivity index (χ3n) is 3.76. The van der Waals surface area contributed by atoms with E-state index in [1.54, 1.807) is 20.8 Å². The lowest BCUT2D eigenvalue weighted by Crippen LogP contribution is -2.45. The number of nitrogens with one attached hydrogen (secondary N) is 1. The topological polar surface area (TPSA) is 93.9 Å². The molecule has 2 amide bonds. The number of hydrogen-bond acceptors (Lipinski definition) is 6. The van der Waals surface area contributed by atoms with Crippen LogP contribution in [-0.4, -0.2) is 51.9 Å². The van der Waals surface area contributed by atoms with Crippen LogP contribution >= 0.6 is 0 Å². The van der Waals surface area contributed by atoms with E-state index in [1.165, 1.54) is 4.90 Å². The molecule has 0 unspecified atom stereocenters. The van der Waals surface area contributed by atoms with Gasteiger partial charge >= 0.3 is 12.3 Å². The van der Waals surface area contributed by atoms with Crippen molar-refractivity contribution in [1.29, 1.82) is 0 Å². The minimum Gasteiger partial charge on any atom is -0.444 e. The van der Waals surface area contributed by atoms with Crippen molar-refractivity contribution < 1.29 is 36.8 Å². The molecule has 0 aromatic carbocycles. The summed E-state index contributed by atoms with van der Waals surface area (Å²) in [4.78, 5) is 26.4. The summed E-state index contributed by atoms with van der Waals surface area (Å²) in [6.07, 6.45) is -5.71. The number of amides is 2. The van der Waals surface area contributed by atoms with Crippen LogP contribution in [0.1, 0.15) is 53.7 Å². The molecule has 1 aromatic heterocycles. The predicted octanol–water partition coefficient (Wildman–Crippen LogP) is 3.83. The Morgan fingerprint density at radius 3 is 2.28 bits per heavy atom. The summed E-state index contributed by atoms with van der Waals surface area (Å²) in [6.45, 7) is 10.7. The molecule has 11 heteroatoms. The Morgan fingerprint density at radius 1 is 1.17 bits per heavy atom. The summed E-state index contributed by atoms with van der Waals surface area (Å²) >= 11 is 0. The van der Waals surface area contributed by atoms with Crippen LogP contribution in [-0.2, 0) is 20.4 Å². The Kier molecular flexibility index (Phi) is 6.22. The first-order valence-electron chi connectivity index (χ1n) is 9.07. The lowest BCUT2D eigenvalue weighted by molar-refractivity contribution is -0.142. The third kappa shape index (κ3) is 6.62. The molecule has 164 valence electrons. The van der Waals surface area contributed by atoms with Gasteiger partial charge in [-0.15, -0.1) is 0 Å². The van der Waals surface area contributed by atoms with Gasteiger partial charge in [-0.05, 0) is 41.5 Å². The number of aromatic nitrogens is 1. The van der Waals surface area contributed by atoms with Gasteiger partial charge in [0.05, 0.1) is 18.2 Å². The fraction of sp³-hybridized carbons (Fsp3) is 0.722. The van der Waals surface area contributed by atoms with E-state index in [2.05, 4.69) is 15.0 Å². The van der Waals surface area contributed by atoms with Crippen LogP contribution in [0.25, 0.3) is 0 Å². The zero-order valence-electron chi connectivity index (χ0n) is 17.2. The average molecular weight is 421 g/mol. The summed E-state index contributed by atoms with van der Waals surface area (Å²) in [5.74, 6) is -1.19. The van der Waals surface area contributed by atoms with Crippen molar-refractivity contribution in [2.45, 2.75) is 77.5 Å². The van der Waals surface area contributed by atoms with Gasteiger partial charge in [0.25, 0.3) is 0 Å². The van der Waals surface area contributed by atoms with Gasteiger partial charge in [0.15, 0.2) is 5.69 Å². The van der Waals surface area contributed by atoms with Gasteiger partial charge < -0.3 is 14.0 Å². The number of halogens is 3. The molecule has 1 saturated heterocycles. The minimum atomic E-state index is -4.70. The lowest BCUT2D eigenvalue weighted by atomic mass is 10.1. The molecule has 29 heavy (non-hydrogen) atoms. The van der Waals surface area contributed by atoms with Gasteiger partial charge in [-0.25, -0.2) is 4.79 Å². The quantitative estimate of drug-likeness (QED) is 0.797. The largest absolute Gasteiger partial charge is 0.444 e. The maximum absolute atomic E-state index is 12.7. The molecule has 0 aliphatic carbocycles. The second kappa shape index (κ2) is 7.85. The Morgan fingerprint density at radius 2 is 1.79 bits per heavy atom. The number of carbonyl (C=O) groups excluding carboxylic acids is 2. The minimum absolute atomic E-state index is 0.106. The standard InChI is InChI=1S/C18H26F3N3O5/c1-16(2,3)27-10-7-11(24(9-10)15(26)28-17(4,5)6)14(25)22-13-8-12(23-29-13)18(19,20)21/h8,10-11H,7,9H2,1-6H3,(H,22,25)/t10-,11+/m1/s1. The number of likely N-dealkylation sites (tertiary alicyclic amines) is 1. The molecule has 1 aliphatic heterocycles. The first kappa shape index (κ1) is 23.0. The SMILES string of the molecule is CC(C)(C)OC(=O)N1C[C@H](OC(C)(C)C)C[C@H]1C(=O)Nc1cc(C(F)(F)F)no1. The van der Waals surface area contributed by atoms with Gasteiger partial charge in [0, 0.05) is 12.5 Å². The number of hydrogen-bond donors (Lipinski definition) is 1. The van der Waals surface area contributed by atoms with E-state index in [0.29, 0.717) is 6.07 Å². The Labute approximate surface area is 166 Å². The first-order chi connectivity index (χ1) is 13.0. The number of ether oxygens (including phenoxy) is 2. The Bertz CT molecular complexity index is 749. The van der Waals surface area contributed by atoms with Crippen LogP contribution in [0.3, 0.4) is 0 Å². The highest BCUT2D eigenvalue weighted by Gasteiger charge is 2.43. The molecule has 1 fully saturated rings. The molecular weight excluding hydrogens is 395 g/mol. The monoisotopic (exact) mass is 421 g/mol. The first-order valence-corrected chi connectivity index (χ1v) is 9.07. The van der Waals surface area contributed by atoms with Crippen LogP contribution in [0.2, 0.25) is 0 Å². The van der Waals surface area contributed by atoms with Crippen molar-refractivity contribution in [1.82, 2.24) is 10.1 Å². The molecule has 8 nitrogen and oxygen atoms in total. The third-order valence-corrected chi connectivity index (χ3v) is 3.76. The fourth-order valence-electron chi connectivity index (χ4n) is 2.83. The fourth-order valence-corrected chi connectivity index (χ4v) is 2.83. The van der Waals surface area contributed by atoms with E-state index in [0.717, 1.165) is 0 Å². The van der Waals surface area contributed by atoms with E-state index in [4.69, 9.17) is 9.47 Å². The van der Waals surface area contributed by atoms with E-state index in [9.17, 15) is 22.8 Å². The summed E-state index contributed by atoms with van der Waals surface area (Å²) in [5, 5.41) is 5.12. The van der Waals surface area contributed by atoms with Crippen molar-refractivity contribution in [2.75, 3.05) is 11.9 Å². The Hall–Kier alpha value is -2.30. The molecule has 0 spiro atoms. The van der Waals surface area contributed by atoms with Crippen LogP contribution < -0.4 is 5.32 Å². The molecule has 1 aromatic rings. The highest BCUT2D eigenvalue weighted by molar-refractivity contribution is 5.96. The van der Waals surface area contributed by atoms with Crippen LogP contribution in [0, 0.1) is 0 Å². The summed E-state index contributed by atoms with van der Waals surface area (Å²) in [6, 6.07) is -0.426. The molecule has 0 saturated carbocycles. The zero-order valence-corrected chi connectivity index (χ0v) is 17.2. The van der Waals surface area contributed by atoms with Gasteiger partial charge in [0.1, 0.15) is 11.6 Å². The number of alkyl halides is 3. The molecule has 2 rings (SSSR count). The molecular formula is C18H26F3N3O5. The van der Waals surface area contributed by atoms with E-state index >= 15 is 0 Å². The van der Waals surface area contributed by atoms with Crippen LogP contribution in [0.5, 0.6) is 0 Å². The molecule has 0 radical (unpaired) electrons. The summed E-state index contributed by atoms with van der Waals surface area (Å²) in [7, 11) is 0. The smallest absolute Gasteiger partial charge is 0.436 e. The number of nitrogens with zero attached hydrogens (tertiary/aromatic N) is 2. The highest BCUT2D eigenvalue weighted by Crippen LogP contribution is 2.31. The number of carbonyl (C=O) groups is 2. The maximum Gasteiger partial charge on any atom is 0.436 e. The van der Waals surface area contributed by atoms with Crippen LogP contribution in [0.4, 0.5) is 23.8 Å². The second-order valence-electron chi connectivity index (χ2n) is 8.80. The van der Waals surface area contributed by atoms with E-state index in [1.807, 2.05) is 20.8 Å². The summed E-state index contributed by atoms with van der Waals surface area (Å²) in [5.41, 5.74) is -2.56. The average Bonchev–Trinajstić information content (AvgIpc) is 3.10. The van der Waals surface area contributed by atoms with Crippen LogP contribution in [0.15, 0.2) is 10.6 Å². The molecule has 1 aliphatic rings. The van der Waals surface area contributed by atoms with Gasteiger partial charge in [-0.3, -0.25) is 15.0 Å². The van der Waals surface area contributed by atoms with Gasteiger partial charge in [-0.1, -0.05) is 5.16 Å². The molecule has 1 N–H and O–H groups in total. The van der Waals surface area contributed by atoms with Crippen molar-refractivity contribution in [2.24, 2.45) is 0 Å². The molecule has 0 bridgehead atoms. The molecule has 2 atom stereocenters. The Balaban J connectivity index is 2.17. The van der Waals surface area contributed by atoms with Crippen molar-refractivity contribution >= 4 is 17.9 Å².